The largest absolute Gasteiger partial charge is 0.481 e. The van der Waals surface area contributed by atoms with Gasteiger partial charge in [0.25, 0.3) is 0 Å². The van der Waals surface area contributed by atoms with Crippen LogP contribution in [-0.2, 0) is 17.8 Å². The van der Waals surface area contributed by atoms with Gasteiger partial charge in [-0.05, 0) is 25.3 Å². The average Bonchev–Trinajstić information content (AvgIpc) is 3.07. The van der Waals surface area contributed by atoms with Gasteiger partial charge in [0, 0.05) is 19.2 Å². The van der Waals surface area contributed by atoms with Crippen molar-refractivity contribution in [1.29, 1.82) is 0 Å². The Morgan fingerprint density at radius 1 is 1.43 bits per heavy atom. The Morgan fingerprint density at radius 2 is 2.19 bits per heavy atom. The van der Waals surface area contributed by atoms with Gasteiger partial charge >= 0.3 is 5.97 Å². The molecule has 0 saturated heterocycles. The third-order valence-corrected chi connectivity index (χ3v) is 4.59. The first kappa shape index (κ1) is 14.0. The Bertz CT molecular complexity index is 657. The van der Waals surface area contributed by atoms with Crippen LogP contribution in [0.2, 0.25) is 0 Å². The first-order valence-corrected chi connectivity index (χ1v) is 7.69. The molecule has 112 valence electrons. The number of carboxylic acid groups (broad SMARTS) is 1. The molecule has 1 N–H and O–H groups in total. The highest BCUT2D eigenvalue weighted by atomic mass is 16.4. The van der Waals surface area contributed by atoms with E-state index in [0.717, 1.165) is 55.5 Å². The summed E-state index contributed by atoms with van der Waals surface area (Å²) in [7, 11) is 0. The molecule has 2 aromatic rings. The van der Waals surface area contributed by atoms with E-state index in [1.807, 2.05) is 6.07 Å². The summed E-state index contributed by atoms with van der Waals surface area (Å²) >= 11 is 0. The molecule has 5 heteroatoms. The minimum absolute atomic E-state index is 0.525. The first-order valence-electron chi connectivity index (χ1n) is 7.69. The van der Waals surface area contributed by atoms with Crippen LogP contribution in [0.1, 0.15) is 44.9 Å². The fourth-order valence-electron chi connectivity index (χ4n) is 3.46. The molecule has 0 aliphatic heterocycles. The van der Waals surface area contributed by atoms with Gasteiger partial charge < -0.3 is 9.67 Å². The number of aryl methyl sites for hydroxylation is 1. The van der Waals surface area contributed by atoms with Gasteiger partial charge in [-0.15, -0.1) is 0 Å². The van der Waals surface area contributed by atoms with Crippen molar-refractivity contribution in [3.05, 3.63) is 24.3 Å². The minimum atomic E-state index is -0.673. The van der Waals surface area contributed by atoms with Crippen molar-refractivity contribution in [2.24, 2.45) is 5.41 Å². The van der Waals surface area contributed by atoms with E-state index >= 15 is 0 Å². The molecule has 21 heavy (non-hydrogen) atoms. The zero-order chi connectivity index (χ0) is 14.9. The zero-order valence-electron chi connectivity index (χ0n) is 12.4. The van der Waals surface area contributed by atoms with E-state index in [0.29, 0.717) is 6.42 Å². The highest BCUT2D eigenvalue weighted by Gasteiger charge is 2.42. The SMILES string of the molecule is CCCn1c(CC2(C(=O)O)CCCC2)nc2cnccc21. The molecule has 0 spiro atoms. The van der Waals surface area contributed by atoms with Crippen LogP contribution in [0.3, 0.4) is 0 Å². The van der Waals surface area contributed by atoms with Crippen LogP contribution in [0, 0.1) is 5.41 Å². The second-order valence-electron chi connectivity index (χ2n) is 6.01. The third kappa shape index (κ3) is 2.41. The maximum atomic E-state index is 11.8. The summed E-state index contributed by atoms with van der Waals surface area (Å²) in [5, 5.41) is 9.67. The summed E-state index contributed by atoms with van der Waals surface area (Å²) in [6, 6.07) is 1.96. The lowest BCUT2D eigenvalue weighted by molar-refractivity contribution is -0.148. The lowest BCUT2D eigenvalue weighted by Gasteiger charge is -2.23. The van der Waals surface area contributed by atoms with Crippen LogP contribution < -0.4 is 0 Å². The molecule has 0 bridgehead atoms. The Hall–Kier alpha value is -1.91. The van der Waals surface area contributed by atoms with Gasteiger partial charge in [0.2, 0.25) is 0 Å². The predicted octanol–water partition coefficient (Wildman–Crippen LogP) is 3.03. The number of pyridine rings is 1. The van der Waals surface area contributed by atoms with Crippen LogP contribution >= 0.6 is 0 Å². The smallest absolute Gasteiger partial charge is 0.310 e. The second-order valence-corrected chi connectivity index (χ2v) is 6.01. The second kappa shape index (κ2) is 5.47. The average molecular weight is 287 g/mol. The number of carbonyl (C=O) groups is 1. The Labute approximate surface area is 124 Å². The van der Waals surface area contributed by atoms with E-state index in [4.69, 9.17) is 0 Å². The molecule has 2 aromatic heterocycles. The summed E-state index contributed by atoms with van der Waals surface area (Å²) in [6.07, 6.45) is 8.57. The molecular formula is C16H21N3O2. The molecule has 5 nitrogen and oxygen atoms in total. The summed E-state index contributed by atoms with van der Waals surface area (Å²) in [6.45, 7) is 2.99. The molecule has 1 saturated carbocycles. The van der Waals surface area contributed by atoms with E-state index in [1.165, 1.54) is 0 Å². The topological polar surface area (TPSA) is 68.0 Å². The first-order chi connectivity index (χ1) is 10.2. The molecule has 2 heterocycles. The van der Waals surface area contributed by atoms with Gasteiger partial charge in [-0.2, -0.15) is 0 Å². The van der Waals surface area contributed by atoms with Crippen molar-refractivity contribution in [3.63, 3.8) is 0 Å². The summed E-state index contributed by atoms with van der Waals surface area (Å²) in [5.74, 6) is 0.220. The number of imidazole rings is 1. The number of rotatable bonds is 5. The fraction of sp³-hybridized carbons (Fsp3) is 0.562. The fourth-order valence-corrected chi connectivity index (χ4v) is 3.46. The lowest BCUT2D eigenvalue weighted by Crippen LogP contribution is -2.31. The maximum Gasteiger partial charge on any atom is 0.310 e. The number of aliphatic carboxylic acids is 1. The van der Waals surface area contributed by atoms with Crippen molar-refractivity contribution in [3.8, 4) is 0 Å². The molecular weight excluding hydrogens is 266 g/mol. The van der Waals surface area contributed by atoms with Crippen LogP contribution in [0.5, 0.6) is 0 Å². The van der Waals surface area contributed by atoms with Crippen LogP contribution in [0.25, 0.3) is 11.0 Å². The van der Waals surface area contributed by atoms with E-state index in [9.17, 15) is 9.90 Å². The van der Waals surface area contributed by atoms with Gasteiger partial charge in [-0.25, -0.2) is 4.98 Å². The standard InChI is InChI=1S/C16H21N3O2/c1-2-9-19-13-5-8-17-11-12(13)18-14(19)10-16(15(20)21)6-3-4-7-16/h5,8,11H,2-4,6-7,9-10H2,1H3,(H,20,21). The number of nitrogens with zero attached hydrogens (tertiary/aromatic N) is 3. The molecule has 0 unspecified atom stereocenters. The monoisotopic (exact) mass is 287 g/mol. The van der Waals surface area contributed by atoms with Crippen molar-refractivity contribution in [2.45, 2.75) is 52.0 Å². The molecule has 0 aromatic carbocycles. The summed E-state index contributed by atoms with van der Waals surface area (Å²) in [5.41, 5.74) is 1.29. The quantitative estimate of drug-likeness (QED) is 0.917. The number of hydrogen-bond donors (Lipinski definition) is 1. The molecule has 3 rings (SSSR count). The van der Waals surface area contributed by atoms with E-state index < -0.39 is 11.4 Å². The van der Waals surface area contributed by atoms with Crippen molar-refractivity contribution < 1.29 is 9.90 Å². The van der Waals surface area contributed by atoms with E-state index in [1.54, 1.807) is 12.4 Å². The highest BCUT2D eigenvalue weighted by Crippen LogP contribution is 2.41. The van der Waals surface area contributed by atoms with E-state index in [2.05, 4.69) is 21.5 Å². The van der Waals surface area contributed by atoms with Gasteiger partial charge in [0.05, 0.1) is 17.1 Å². The van der Waals surface area contributed by atoms with Crippen molar-refractivity contribution in [1.82, 2.24) is 14.5 Å². The number of carboxylic acids is 1. The summed E-state index contributed by atoms with van der Waals surface area (Å²) < 4.78 is 2.17. The Kier molecular flexibility index (Phi) is 3.66. The maximum absolute atomic E-state index is 11.8. The van der Waals surface area contributed by atoms with Crippen LogP contribution in [0.15, 0.2) is 18.5 Å². The highest BCUT2D eigenvalue weighted by molar-refractivity contribution is 5.77. The van der Waals surface area contributed by atoms with Gasteiger partial charge in [-0.1, -0.05) is 19.8 Å². The molecule has 1 fully saturated rings. The Balaban J connectivity index is 2.03. The zero-order valence-corrected chi connectivity index (χ0v) is 12.4. The van der Waals surface area contributed by atoms with E-state index in [-0.39, 0.29) is 0 Å². The lowest BCUT2D eigenvalue weighted by atomic mass is 9.82. The Morgan fingerprint density at radius 3 is 2.86 bits per heavy atom. The van der Waals surface area contributed by atoms with Crippen LogP contribution in [0.4, 0.5) is 0 Å². The number of aromatic nitrogens is 3. The molecule has 0 amide bonds. The summed E-state index contributed by atoms with van der Waals surface area (Å²) in [4.78, 5) is 20.5. The normalized spacial score (nSPS) is 17.4. The van der Waals surface area contributed by atoms with Crippen molar-refractivity contribution in [2.75, 3.05) is 0 Å². The molecule has 1 aliphatic rings. The minimum Gasteiger partial charge on any atom is -0.481 e. The molecule has 0 radical (unpaired) electrons. The van der Waals surface area contributed by atoms with Gasteiger partial charge in [-0.3, -0.25) is 9.78 Å². The van der Waals surface area contributed by atoms with Crippen molar-refractivity contribution >= 4 is 17.0 Å². The van der Waals surface area contributed by atoms with Crippen LogP contribution in [-0.4, -0.2) is 25.6 Å². The van der Waals surface area contributed by atoms with Gasteiger partial charge in [0.15, 0.2) is 0 Å². The number of fused-ring (bicyclic) bond motifs is 1. The number of hydrogen-bond acceptors (Lipinski definition) is 3. The molecule has 1 aliphatic carbocycles. The van der Waals surface area contributed by atoms with Gasteiger partial charge in [0.1, 0.15) is 11.3 Å². The third-order valence-electron chi connectivity index (χ3n) is 4.59. The molecule has 0 atom stereocenters. The predicted molar refractivity (Wildman–Crippen MR) is 80.1 cm³/mol.